The van der Waals surface area contributed by atoms with E-state index in [1.807, 2.05) is 20.1 Å². The molecular weight excluding hydrogens is 336 g/mol. The molecule has 0 bridgehead atoms. The van der Waals surface area contributed by atoms with E-state index >= 15 is 0 Å². The van der Waals surface area contributed by atoms with Crippen molar-refractivity contribution in [1.29, 1.82) is 0 Å². The monoisotopic (exact) mass is 356 g/mol. The molecule has 1 aliphatic heterocycles. The summed E-state index contributed by atoms with van der Waals surface area (Å²) in [6.45, 7) is 6.44. The van der Waals surface area contributed by atoms with Gasteiger partial charge in [-0.15, -0.1) is 0 Å². The first kappa shape index (κ1) is 17.7. The minimum absolute atomic E-state index is 0.0667. The number of guanidine groups is 1. The Labute approximate surface area is 142 Å². The number of rotatable bonds is 4. The quantitative estimate of drug-likeness (QED) is 0.665. The van der Waals surface area contributed by atoms with E-state index in [9.17, 15) is 8.42 Å². The van der Waals surface area contributed by atoms with Gasteiger partial charge in [-0.05, 0) is 38.5 Å². The van der Waals surface area contributed by atoms with Crippen LogP contribution in [0.15, 0.2) is 39.3 Å². The summed E-state index contributed by atoms with van der Waals surface area (Å²) < 4.78 is 27.6. The van der Waals surface area contributed by atoms with Crippen LogP contribution in [0.4, 0.5) is 0 Å². The Morgan fingerprint density at radius 3 is 2.83 bits per heavy atom. The molecule has 0 radical (unpaired) electrons. The highest BCUT2D eigenvalue weighted by atomic mass is 35.5. The molecule has 1 aromatic rings. The van der Waals surface area contributed by atoms with E-state index in [4.69, 9.17) is 11.6 Å². The number of nitrogens with zero attached hydrogens (tertiary/aromatic N) is 3. The van der Waals surface area contributed by atoms with Crippen molar-refractivity contribution >= 4 is 33.8 Å². The molecule has 1 N–H and O–H groups in total. The van der Waals surface area contributed by atoms with Gasteiger partial charge in [0.1, 0.15) is 0 Å². The lowest BCUT2D eigenvalue weighted by Gasteiger charge is -2.20. The van der Waals surface area contributed by atoms with Crippen LogP contribution < -0.4 is 4.72 Å². The van der Waals surface area contributed by atoms with E-state index in [1.165, 1.54) is 12.1 Å². The van der Waals surface area contributed by atoms with Crippen LogP contribution in [0.1, 0.15) is 27.2 Å². The lowest BCUT2D eigenvalue weighted by Crippen LogP contribution is -2.42. The molecule has 1 atom stereocenters. The number of nitrogens with one attached hydrogen (secondary N) is 1. The zero-order valence-corrected chi connectivity index (χ0v) is 15.0. The second-order valence-corrected chi connectivity index (χ2v) is 7.74. The van der Waals surface area contributed by atoms with Gasteiger partial charge in [0.15, 0.2) is 0 Å². The van der Waals surface area contributed by atoms with E-state index in [0.29, 0.717) is 17.5 Å². The van der Waals surface area contributed by atoms with Crippen molar-refractivity contribution in [2.75, 3.05) is 6.54 Å². The molecule has 1 heterocycles. The van der Waals surface area contributed by atoms with Crippen molar-refractivity contribution in [3.8, 4) is 0 Å². The topological polar surface area (TPSA) is 74.1 Å². The third-order valence-electron chi connectivity index (χ3n) is 3.31. The second kappa shape index (κ2) is 7.31. The third kappa shape index (κ3) is 4.68. The van der Waals surface area contributed by atoms with Gasteiger partial charge in [0.05, 0.1) is 11.4 Å². The van der Waals surface area contributed by atoms with Crippen molar-refractivity contribution in [3.05, 3.63) is 29.3 Å². The predicted molar refractivity (Wildman–Crippen MR) is 93.3 cm³/mol. The molecule has 126 valence electrons. The normalized spacial score (nSPS) is 18.7. The molecule has 2 rings (SSSR count). The molecule has 0 amide bonds. The molecule has 0 aliphatic carbocycles. The summed E-state index contributed by atoms with van der Waals surface area (Å²) in [4.78, 5) is 4.46. The standard InChI is InChI=1S/C15H21ClN4O2S/c1-4-12-9-17-20(10-12)15(18-11(2)3)19-23(21,22)14-7-5-6-13(16)8-14/h5-9,11-12H,4,10H2,1-3H3,(H,18,19). The molecule has 23 heavy (non-hydrogen) atoms. The van der Waals surface area contributed by atoms with Gasteiger partial charge in [0, 0.05) is 23.2 Å². The van der Waals surface area contributed by atoms with Crippen LogP contribution >= 0.6 is 11.6 Å². The van der Waals surface area contributed by atoms with Crippen LogP contribution in [-0.4, -0.2) is 38.2 Å². The maximum Gasteiger partial charge on any atom is 0.264 e. The van der Waals surface area contributed by atoms with E-state index in [2.05, 4.69) is 21.7 Å². The van der Waals surface area contributed by atoms with E-state index in [1.54, 1.807) is 17.1 Å². The van der Waals surface area contributed by atoms with Crippen molar-refractivity contribution in [2.45, 2.75) is 38.1 Å². The summed E-state index contributed by atoms with van der Waals surface area (Å²) in [6.07, 6.45) is 2.76. The smallest absolute Gasteiger partial charge is 0.248 e. The third-order valence-corrected chi connectivity index (χ3v) is 4.87. The van der Waals surface area contributed by atoms with Crippen LogP contribution in [-0.2, 0) is 10.0 Å². The number of benzene rings is 1. The first-order valence-corrected chi connectivity index (χ1v) is 9.35. The Bertz CT molecular complexity index is 716. The molecule has 0 saturated heterocycles. The van der Waals surface area contributed by atoms with Gasteiger partial charge in [-0.1, -0.05) is 24.6 Å². The first-order valence-electron chi connectivity index (χ1n) is 7.49. The number of aliphatic imine (C=N–C) groups is 1. The maximum absolute atomic E-state index is 12.6. The van der Waals surface area contributed by atoms with Crippen LogP contribution in [0, 0.1) is 5.92 Å². The average molecular weight is 357 g/mol. The minimum Gasteiger partial charge on any atom is -0.248 e. The van der Waals surface area contributed by atoms with E-state index < -0.39 is 10.0 Å². The van der Waals surface area contributed by atoms with Gasteiger partial charge in [0.2, 0.25) is 5.96 Å². The molecule has 0 aromatic heterocycles. The Kier molecular flexibility index (Phi) is 5.64. The summed E-state index contributed by atoms with van der Waals surface area (Å²) in [5.74, 6) is 0.523. The van der Waals surface area contributed by atoms with Gasteiger partial charge in [0.25, 0.3) is 10.0 Å². The van der Waals surface area contributed by atoms with Gasteiger partial charge >= 0.3 is 0 Å². The van der Waals surface area contributed by atoms with Gasteiger partial charge in [-0.2, -0.15) is 5.10 Å². The molecule has 0 saturated carbocycles. The van der Waals surface area contributed by atoms with Crippen LogP contribution in [0.25, 0.3) is 0 Å². The zero-order chi connectivity index (χ0) is 17.0. The second-order valence-electron chi connectivity index (χ2n) is 5.62. The summed E-state index contributed by atoms with van der Waals surface area (Å²) in [7, 11) is -3.77. The van der Waals surface area contributed by atoms with Gasteiger partial charge in [-0.3, -0.25) is 0 Å². The highest BCUT2D eigenvalue weighted by molar-refractivity contribution is 7.90. The highest BCUT2D eigenvalue weighted by Crippen LogP contribution is 2.17. The summed E-state index contributed by atoms with van der Waals surface area (Å²) in [5, 5.41) is 6.22. The fourth-order valence-corrected chi connectivity index (χ4v) is 3.38. The van der Waals surface area contributed by atoms with Crippen molar-refractivity contribution in [1.82, 2.24) is 9.73 Å². The lowest BCUT2D eigenvalue weighted by molar-refractivity contribution is 0.427. The van der Waals surface area contributed by atoms with Gasteiger partial charge in [-0.25, -0.2) is 23.1 Å². The zero-order valence-electron chi connectivity index (χ0n) is 13.4. The van der Waals surface area contributed by atoms with Crippen LogP contribution in [0.3, 0.4) is 0 Å². The average Bonchev–Trinajstić information content (AvgIpc) is 2.95. The van der Waals surface area contributed by atoms with Crippen LogP contribution in [0.5, 0.6) is 0 Å². The summed E-state index contributed by atoms with van der Waals surface area (Å²) >= 11 is 5.88. The molecular formula is C15H21ClN4O2S. The molecule has 6 nitrogen and oxygen atoms in total. The Hall–Kier alpha value is -1.60. The van der Waals surface area contributed by atoms with Crippen molar-refractivity contribution in [2.24, 2.45) is 16.0 Å². The number of hydrogen-bond acceptors (Lipinski definition) is 4. The molecule has 0 spiro atoms. The SMILES string of the molecule is CCC1C=NN(C(=NC(C)C)NS(=O)(=O)c2cccc(Cl)c2)C1. The van der Waals surface area contributed by atoms with E-state index in [0.717, 1.165) is 6.42 Å². The Morgan fingerprint density at radius 1 is 1.52 bits per heavy atom. The minimum atomic E-state index is -3.77. The predicted octanol–water partition coefficient (Wildman–Crippen LogP) is 2.71. The number of sulfonamides is 1. The molecule has 0 fully saturated rings. The van der Waals surface area contributed by atoms with Crippen LogP contribution in [0.2, 0.25) is 5.02 Å². The highest BCUT2D eigenvalue weighted by Gasteiger charge is 2.25. The molecule has 1 aliphatic rings. The summed E-state index contributed by atoms with van der Waals surface area (Å²) in [5.41, 5.74) is 0. The molecule has 1 aromatic carbocycles. The Balaban J connectivity index is 2.26. The molecule has 8 heteroatoms. The summed E-state index contributed by atoms with van der Waals surface area (Å²) in [6, 6.07) is 6.04. The number of hydrogen-bond donors (Lipinski definition) is 1. The number of hydrazone groups is 1. The lowest BCUT2D eigenvalue weighted by atomic mass is 10.1. The van der Waals surface area contributed by atoms with Gasteiger partial charge < -0.3 is 0 Å². The fraction of sp³-hybridized carbons (Fsp3) is 0.467. The first-order chi connectivity index (χ1) is 10.8. The fourth-order valence-electron chi connectivity index (χ4n) is 2.07. The van der Waals surface area contributed by atoms with Crippen molar-refractivity contribution in [3.63, 3.8) is 0 Å². The van der Waals surface area contributed by atoms with Crippen molar-refractivity contribution < 1.29 is 8.42 Å². The Morgan fingerprint density at radius 2 is 2.26 bits per heavy atom. The number of halogens is 1. The largest absolute Gasteiger partial charge is 0.264 e. The maximum atomic E-state index is 12.6. The van der Waals surface area contributed by atoms with E-state index in [-0.39, 0.29) is 16.9 Å². The molecule has 1 unspecified atom stereocenters.